The van der Waals surface area contributed by atoms with E-state index in [1.165, 1.54) is 27.4 Å². The first-order valence-corrected chi connectivity index (χ1v) is 4.56. The molecule has 1 aromatic rings. The average molecular weight is 223 g/mol. The van der Waals surface area contributed by atoms with Crippen molar-refractivity contribution in [2.75, 3.05) is 21.3 Å². The first kappa shape index (κ1) is 12.0. The SMILES string of the molecule is COC(=O)C=Cc1ccc(OC)nc1OC. The van der Waals surface area contributed by atoms with Crippen LogP contribution in [0.5, 0.6) is 11.8 Å². The van der Waals surface area contributed by atoms with Crippen LogP contribution in [0.4, 0.5) is 0 Å². The number of methoxy groups -OCH3 is 3. The van der Waals surface area contributed by atoms with Gasteiger partial charge in [0.15, 0.2) is 0 Å². The van der Waals surface area contributed by atoms with Gasteiger partial charge in [0.05, 0.1) is 21.3 Å². The van der Waals surface area contributed by atoms with Crippen molar-refractivity contribution >= 4 is 12.0 Å². The smallest absolute Gasteiger partial charge is 0.330 e. The molecule has 0 N–H and O–H groups in total. The summed E-state index contributed by atoms with van der Waals surface area (Å²) < 4.78 is 14.5. The number of nitrogens with zero attached hydrogens (tertiary/aromatic N) is 1. The summed E-state index contributed by atoms with van der Waals surface area (Å²) in [5.74, 6) is 0.407. The largest absolute Gasteiger partial charge is 0.481 e. The number of carbonyl (C=O) groups is 1. The zero-order valence-corrected chi connectivity index (χ0v) is 9.39. The highest BCUT2D eigenvalue weighted by Gasteiger charge is 2.04. The van der Waals surface area contributed by atoms with E-state index < -0.39 is 5.97 Å². The summed E-state index contributed by atoms with van der Waals surface area (Å²) in [5.41, 5.74) is 0.675. The second-order valence-corrected chi connectivity index (χ2v) is 2.81. The van der Waals surface area contributed by atoms with Crippen LogP contribution in [0.1, 0.15) is 5.56 Å². The molecule has 0 saturated heterocycles. The third kappa shape index (κ3) is 2.98. The molecular formula is C11H13NO4. The van der Waals surface area contributed by atoms with Crippen molar-refractivity contribution in [2.45, 2.75) is 0 Å². The molecular weight excluding hydrogens is 210 g/mol. The zero-order valence-electron chi connectivity index (χ0n) is 9.39. The van der Waals surface area contributed by atoms with E-state index >= 15 is 0 Å². The minimum atomic E-state index is -0.433. The van der Waals surface area contributed by atoms with Crippen molar-refractivity contribution in [3.8, 4) is 11.8 Å². The Balaban J connectivity index is 2.95. The van der Waals surface area contributed by atoms with E-state index in [4.69, 9.17) is 9.47 Å². The Morgan fingerprint density at radius 1 is 1.25 bits per heavy atom. The third-order valence-corrected chi connectivity index (χ3v) is 1.87. The molecule has 5 nitrogen and oxygen atoms in total. The van der Waals surface area contributed by atoms with Gasteiger partial charge in [-0.05, 0) is 12.1 Å². The fourth-order valence-corrected chi connectivity index (χ4v) is 1.06. The van der Waals surface area contributed by atoms with Gasteiger partial charge in [0, 0.05) is 17.7 Å². The number of hydrogen-bond donors (Lipinski definition) is 0. The Bertz CT molecular complexity index is 401. The van der Waals surface area contributed by atoms with Crippen LogP contribution in [0.2, 0.25) is 0 Å². The van der Waals surface area contributed by atoms with Gasteiger partial charge in [0.1, 0.15) is 0 Å². The van der Waals surface area contributed by atoms with Gasteiger partial charge in [0.2, 0.25) is 11.8 Å². The number of ether oxygens (including phenoxy) is 3. The van der Waals surface area contributed by atoms with E-state index in [1.54, 1.807) is 18.2 Å². The summed E-state index contributed by atoms with van der Waals surface area (Å²) in [6.07, 6.45) is 2.86. The highest BCUT2D eigenvalue weighted by molar-refractivity contribution is 5.87. The quantitative estimate of drug-likeness (QED) is 0.568. The van der Waals surface area contributed by atoms with E-state index in [0.717, 1.165) is 0 Å². The number of rotatable bonds is 4. The minimum Gasteiger partial charge on any atom is -0.481 e. The summed E-state index contributed by atoms with van der Waals surface area (Å²) in [4.78, 5) is 15.0. The van der Waals surface area contributed by atoms with Gasteiger partial charge < -0.3 is 14.2 Å². The maximum Gasteiger partial charge on any atom is 0.330 e. The first-order chi connectivity index (χ1) is 7.71. The monoisotopic (exact) mass is 223 g/mol. The zero-order chi connectivity index (χ0) is 12.0. The molecule has 0 atom stereocenters. The third-order valence-electron chi connectivity index (χ3n) is 1.87. The summed E-state index contributed by atoms with van der Waals surface area (Å²) in [6.45, 7) is 0. The second kappa shape index (κ2) is 5.75. The van der Waals surface area contributed by atoms with Crippen molar-refractivity contribution in [2.24, 2.45) is 0 Å². The molecule has 16 heavy (non-hydrogen) atoms. The Hall–Kier alpha value is -2.04. The molecule has 1 aromatic heterocycles. The number of pyridine rings is 1. The predicted octanol–water partition coefficient (Wildman–Crippen LogP) is 1.28. The van der Waals surface area contributed by atoms with E-state index in [2.05, 4.69) is 9.72 Å². The number of esters is 1. The van der Waals surface area contributed by atoms with Crippen LogP contribution in [-0.2, 0) is 9.53 Å². The van der Waals surface area contributed by atoms with Gasteiger partial charge in [-0.3, -0.25) is 0 Å². The Kier molecular flexibility index (Phi) is 4.32. The highest BCUT2D eigenvalue weighted by Crippen LogP contribution is 2.20. The van der Waals surface area contributed by atoms with Crippen molar-refractivity contribution in [3.63, 3.8) is 0 Å². The van der Waals surface area contributed by atoms with Gasteiger partial charge in [-0.25, -0.2) is 4.79 Å². The van der Waals surface area contributed by atoms with Crippen LogP contribution in [0.3, 0.4) is 0 Å². The van der Waals surface area contributed by atoms with Crippen LogP contribution in [0.25, 0.3) is 6.08 Å². The van der Waals surface area contributed by atoms with Gasteiger partial charge in [-0.1, -0.05) is 0 Å². The van der Waals surface area contributed by atoms with Crippen LogP contribution in [0, 0.1) is 0 Å². The van der Waals surface area contributed by atoms with Crippen LogP contribution >= 0.6 is 0 Å². The summed E-state index contributed by atoms with van der Waals surface area (Å²) in [7, 11) is 4.33. The van der Waals surface area contributed by atoms with Gasteiger partial charge in [-0.15, -0.1) is 0 Å². The van der Waals surface area contributed by atoms with Crippen LogP contribution < -0.4 is 9.47 Å². The lowest BCUT2D eigenvalue weighted by atomic mass is 10.2. The van der Waals surface area contributed by atoms with E-state index in [9.17, 15) is 4.79 Å². The van der Waals surface area contributed by atoms with Crippen molar-refractivity contribution < 1.29 is 19.0 Å². The Morgan fingerprint density at radius 2 is 2.00 bits per heavy atom. The number of hydrogen-bond acceptors (Lipinski definition) is 5. The molecule has 0 bridgehead atoms. The molecule has 0 unspecified atom stereocenters. The number of aromatic nitrogens is 1. The fraction of sp³-hybridized carbons (Fsp3) is 0.273. The average Bonchev–Trinajstić information content (AvgIpc) is 2.35. The molecule has 0 radical (unpaired) electrons. The van der Waals surface area contributed by atoms with Gasteiger partial charge >= 0.3 is 5.97 Å². The molecule has 0 amide bonds. The summed E-state index contributed by atoms with van der Waals surface area (Å²) >= 11 is 0. The molecule has 0 fully saturated rings. The minimum absolute atomic E-state index is 0.388. The fourth-order valence-electron chi connectivity index (χ4n) is 1.06. The number of carbonyl (C=O) groups excluding carboxylic acids is 1. The molecule has 0 aliphatic carbocycles. The first-order valence-electron chi connectivity index (χ1n) is 4.56. The molecule has 0 aliphatic rings. The molecule has 0 aromatic carbocycles. The van der Waals surface area contributed by atoms with Crippen molar-refractivity contribution in [1.29, 1.82) is 0 Å². The van der Waals surface area contributed by atoms with Gasteiger partial charge in [-0.2, -0.15) is 4.98 Å². The molecule has 86 valence electrons. The maximum atomic E-state index is 10.9. The maximum absolute atomic E-state index is 10.9. The van der Waals surface area contributed by atoms with Gasteiger partial charge in [0.25, 0.3) is 0 Å². The van der Waals surface area contributed by atoms with E-state index in [0.29, 0.717) is 17.3 Å². The lowest BCUT2D eigenvalue weighted by Gasteiger charge is -2.05. The van der Waals surface area contributed by atoms with E-state index in [-0.39, 0.29) is 0 Å². The molecule has 1 rings (SSSR count). The summed E-state index contributed by atoms with van der Waals surface area (Å²) in [6, 6.07) is 3.42. The lowest BCUT2D eigenvalue weighted by Crippen LogP contribution is -1.96. The van der Waals surface area contributed by atoms with Crippen molar-refractivity contribution in [3.05, 3.63) is 23.8 Å². The molecule has 0 spiro atoms. The molecule has 1 heterocycles. The Labute approximate surface area is 93.7 Å². The van der Waals surface area contributed by atoms with Crippen LogP contribution in [-0.4, -0.2) is 32.3 Å². The van der Waals surface area contributed by atoms with Crippen molar-refractivity contribution in [1.82, 2.24) is 4.98 Å². The predicted molar refractivity (Wildman–Crippen MR) is 58.4 cm³/mol. The second-order valence-electron chi connectivity index (χ2n) is 2.81. The summed E-state index contributed by atoms with van der Waals surface area (Å²) in [5, 5.41) is 0. The standard InChI is InChI=1S/C11H13NO4/c1-14-9-6-4-8(11(12-9)16-3)5-7-10(13)15-2/h4-7H,1-3H3. The van der Waals surface area contributed by atoms with E-state index in [1.807, 2.05) is 0 Å². The molecule has 0 saturated carbocycles. The lowest BCUT2D eigenvalue weighted by molar-refractivity contribution is -0.134. The molecule has 0 aliphatic heterocycles. The normalized spacial score (nSPS) is 10.2. The van der Waals surface area contributed by atoms with Crippen LogP contribution in [0.15, 0.2) is 18.2 Å². The Morgan fingerprint density at radius 3 is 2.56 bits per heavy atom. The molecule has 5 heteroatoms. The topological polar surface area (TPSA) is 57.7 Å². The highest BCUT2D eigenvalue weighted by atomic mass is 16.5.